The van der Waals surface area contributed by atoms with Crippen molar-refractivity contribution in [3.05, 3.63) is 0 Å². The number of hydrogen-bond donors (Lipinski definition) is 1. The van der Waals surface area contributed by atoms with E-state index in [1.807, 2.05) is 0 Å². The number of rotatable bonds is 3. The SMILES string of the molecule is NCC1(SC2CCCC2)CCCCC1. The molecule has 2 rings (SSSR count). The highest BCUT2D eigenvalue weighted by molar-refractivity contribution is 8.01. The summed E-state index contributed by atoms with van der Waals surface area (Å²) in [5, 5.41) is 0.941. The lowest BCUT2D eigenvalue weighted by atomic mass is 9.88. The second-order valence-electron chi connectivity index (χ2n) is 4.97. The topological polar surface area (TPSA) is 26.0 Å². The highest BCUT2D eigenvalue weighted by Crippen LogP contribution is 2.45. The van der Waals surface area contributed by atoms with Crippen molar-refractivity contribution in [3.8, 4) is 0 Å². The molecule has 0 bridgehead atoms. The van der Waals surface area contributed by atoms with Gasteiger partial charge >= 0.3 is 0 Å². The van der Waals surface area contributed by atoms with Crippen LogP contribution in [-0.4, -0.2) is 16.5 Å². The third-order valence-electron chi connectivity index (χ3n) is 3.86. The molecular formula is C12H23NS. The Bertz CT molecular complexity index is 169. The molecule has 0 spiro atoms. The van der Waals surface area contributed by atoms with Crippen LogP contribution in [0.25, 0.3) is 0 Å². The third-order valence-corrected chi connectivity index (χ3v) is 5.74. The van der Waals surface area contributed by atoms with Gasteiger partial charge in [0.25, 0.3) is 0 Å². The lowest BCUT2D eigenvalue weighted by molar-refractivity contribution is 0.402. The minimum atomic E-state index is 0.479. The lowest BCUT2D eigenvalue weighted by Gasteiger charge is -2.37. The second kappa shape index (κ2) is 4.89. The van der Waals surface area contributed by atoms with Gasteiger partial charge in [0.05, 0.1) is 0 Å². The molecular weight excluding hydrogens is 190 g/mol. The van der Waals surface area contributed by atoms with Gasteiger partial charge in [-0.05, 0) is 25.7 Å². The molecule has 0 heterocycles. The van der Waals surface area contributed by atoms with E-state index in [9.17, 15) is 0 Å². The first-order chi connectivity index (χ1) is 6.85. The first kappa shape index (κ1) is 10.8. The molecule has 0 amide bonds. The van der Waals surface area contributed by atoms with Crippen molar-refractivity contribution in [1.29, 1.82) is 0 Å². The first-order valence-electron chi connectivity index (χ1n) is 6.23. The Kier molecular flexibility index (Phi) is 3.78. The molecule has 0 aromatic rings. The van der Waals surface area contributed by atoms with E-state index < -0.39 is 0 Å². The first-order valence-corrected chi connectivity index (χ1v) is 7.10. The van der Waals surface area contributed by atoms with Gasteiger partial charge in [-0.2, -0.15) is 11.8 Å². The van der Waals surface area contributed by atoms with Gasteiger partial charge in [0.15, 0.2) is 0 Å². The summed E-state index contributed by atoms with van der Waals surface area (Å²) < 4.78 is 0.479. The summed E-state index contributed by atoms with van der Waals surface area (Å²) in [7, 11) is 0. The summed E-state index contributed by atoms with van der Waals surface area (Å²) in [5.41, 5.74) is 6.00. The van der Waals surface area contributed by atoms with E-state index in [1.165, 1.54) is 57.8 Å². The number of nitrogens with two attached hydrogens (primary N) is 1. The fraction of sp³-hybridized carbons (Fsp3) is 1.00. The second-order valence-corrected chi connectivity index (χ2v) is 6.74. The Morgan fingerprint density at radius 1 is 1.00 bits per heavy atom. The van der Waals surface area contributed by atoms with Gasteiger partial charge in [-0.1, -0.05) is 32.1 Å². The molecule has 2 aliphatic carbocycles. The van der Waals surface area contributed by atoms with E-state index >= 15 is 0 Å². The normalized spacial score (nSPS) is 28.1. The van der Waals surface area contributed by atoms with Crippen LogP contribution in [0.1, 0.15) is 57.8 Å². The molecule has 2 saturated carbocycles. The Labute approximate surface area is 92.2 Å². The smallest absolute Gasteiger partial charge is 0.0285 e. The summed E-state index contributed by atoms with van der Waals surface area (Å²) in [6, 6.07) is 0. The molecule has 14 heavy (non-hydrogen) atoms. The minimum absolute atomic E-state index is 0.479. The van der Waals surface area contributed by atoms with Crippen LogP contribution in [0.3, 0.4) is 0 Å². The fourth-order valence-electron chi connectivity index (χ4n) is 2.93. The third kappa shape index (κ3) is 2.46. The maximum atomic E-state index is 6.00. The lowest BCUT2D eigenvalue weighted by Crippen LogP contribution is -2.38. The van der Waals surface area contributed by atoms with Crippen LogP contribution in [0.15, 0.2) is 0 Å². The zero-order valence-electron chi connectivity index (χ0n) is 9.13. The minimum Gasteiger partial charge on any atom is -0.329 e. The molecule has 0 aliphatic heterocycles. The summed E-state index contributed by atoms with van der Waals surface area (Å²) in [4.78, 5) is 0. The summed E-state index contributed by atoms with van der Waals surface area (Å²) in [5.74, 6) is 0. The Balaban J connectivity index is 1.89. The van der Waals surface area contributed by atoms with Gasteiger partial charge in [0.2, 0.25) is 0 Å². The van der Waals surface area contributed by atoms with E-state index in [-0.39, 0.29) is 0 Å². The molecule has 0 saturated heterocycles. The average molecular weight is 213 g/mol. The van der Waals surface area contributed by atoms with Crippen molar-refractivity contribution in [2.75, 3.05) is 6.54 Å². The van der Waals surface area contributed by atoms with Crippen molar-refractivity contribution < 1.29 is 0 Å². The van der Waals surface area contributed by atoms with Crippen LogP contribution in [0.4, 0.5) is 0 Å². The van der Waals surface area contributed by atoms with Gasteiger partial charge in [-0.3, -0.25) is 0 Å². The molecule has 0 aromatic heterocycles. The van der Waals surface area contributed by atoms with Gasteiger partial charge in [0.1, 0.15) is 0 Å². The van der Waals surface area contributed by atoms with Crippen molar-refractivity contribution in [1.82, 2.24) is 0 Å². The zero-order chi connectivity index (χ0) is 9.86. The Morgan fingerprint density at radius 2 is 1.64 bits per heavy atom. The molecule has 82 valence electrons. The maximum Gasteiger partial charge on any atom is 0.0285 e. The highest BCUT2D eigenvalue weighted by Gasteiger charge is 2.34. The van der Waals surface area contributed by atoms with Crippen molar-refractivity contribution >= 4 is 11.8 Å². The predicted octanol–water partition coefficient (Wildman–Crippen LogP) is 3.32. The Morgan fingerprint density at radius 3 is 2.21 bits per heavy atom. The van der Waals surface area contributed by atoms with Crippen LogP contribution in [0.5, 0.6) is 0 Å². The van der Waals surface area contributed by atoms with Gasteiger partial charge in [-0.25, -0.2) is 0 Å². The van der Waals surface area contributed by atoms with Crippen LogP contribution in [0.2, 0.25) is 0 Å². The molecule has 2 N–H and O–H groups in total. The zero-order valence-corrected chi connectivity index (χ0v) is 9.95. The van der Waals surface area contributed by atoms with Crippen molar-refractivity contribution in [2.45, 2.75) is 67.8 Å². The quantitative estimate of drug-likeness (QED) is 0.778. The maximum absolute atomic E-state index is 6.00. The number of hydrogen-bond acceptors (Lipinski definition) is 2. The predicted molar refractivity (Wildman–Crippen MR) is 64.7 cm³/mol. The Hall–Kier alpha value is 0.310. The van der Waals surface area contributed by atoms with Gasteiger partial charge in [0, 0.05) is 16.5 Å². The van der Waals surface area contributed by atoms with Crippen LogP contribution in [-0.2, 0) is 0 Å². The summed E-state index contributed by atoms with van der Waals surface area (Å²) in [6.07, 6.45) is 12.8. The van der Waals surface area contributed by atoms with Crippen LogP contribution in [0, 0.1) is 0 Å². The standard InChI is InChI=1S/C12H23NS/c13-10-12(8-4-1-5-9-12)14-11-6-2-3-7-11/h11H,1-10,13H2. The van der Waals surface area contributed by atoms with Crippen molar-refractivity contribution in [2.24, 2.45) is 5.73 Å². The van der Waals surface area contributed by atoms with Crippen LogP contribution >= 0.6 is 11.8 Å². The summed E-state index contributed by atoms with van der Waals surface area (Å²) in [6.45, 7) is 0.911. The molecule has 0 radical (unpaired) electrons. The van der Waals surface area contributed by atoms with Crippen molar-refractivity contribution in [3.63, 3.8) is 0 Å². The van der Waals surface area contributed by atoms with Gasteiger partial charge in [-0.15, -0.1) is 0 Å². The molecule has 2 fully saturated rings. The molecule has 1 nitrogen and oxygen atoms in total. The summed E-state index contributed by atoms with van der Waals surface area (Å²) >= 11 is 2.25. The van der Waals surface area contributed by atoms with E-state index in [2.05, 4.69) is 11.8 Å². The fourth-order valence-corrected chi connectivity index (χ4v) is 4.82. The highest BCUT2D eigenvalue weighted by atomic mass is 32.2. The molecule has 0 unspecified atom stereocenters. The molecule has 2 heteroatoms. The van der Waals surface area contributed by atoms with E-state index in [0.29, 0.717) is 4.75 Å². The number of thioether (sulfide) groups is 1. The van der Waals surface area contributed by atoms with E-state index in [4.69, 9.17) is 5.73 Å². The molecule has 2 aliphatic rings. The average Bonchev–Trinajstić information content (AvgIpc) is 2.72. The monoisotopic (exact) mass is 213 g/mol. The largest absolute Gasteiger partial charge is 0.329 e. The van der Waals surface area contributed by atoms with E-state index in [1.54, 1.807) is 0 Å². The van der Waals surface area contributed by atoms with E-state index in [0.717, 1.165) is 11.8 Å². The molecule has 0 aromatic carbocycles. The molecule has 0 atom stereocenters. The van der Waals surface area contributed by atoms with Crippen LogP contribution < -0.4 is 5.73 Å². The van der Waals surface area contributed by atoms with Gasteiger partial charge < -0.3 is 5.73 Å².